The van der Waals surface area contributed by atoms with Gasteiger partial charge in [0.2, 0.25) is 0 Å². The van der Waals surface area contributed by atoms with Gasteiger partial charge >= 0.3 is 21.1 Å². The number of aromatic nitrogens is 4. The molecule has 0 spiro atoms. The Morgan fingerprint density at radius 2 is 1.71 bits per heavy atom. The SMILES string of the molecule is CC(C)(C)c1ccnc(-n2c3[c-]c(Oc4[c-]c5c(cc4)N4CCN=C4n4ccnc4-5)ccc3c3ccccc32)c1.[Pt+2]. The predicted molar refractivity (Wildman–Crippen MR) is 158 cm³/mol. The number of imidazole rings is 1. The van der Waals surface area contributed by atoms with E-state index in [1.807, 2.05) is 29.1 Å². The van der Waals surface area contributed by atoms with E-state index in [0.29, 0.717) is 11.5 Å². The van der Waals surface area contributed by atoms with Crippen molar-refractivity contribution in [2.45, 2.75) is 26.2 Å². The molecule has 5 heterocycles. The number of rotatable bonds is 3. The van der Waals surface area contributed by atoms with Gasteiger partial charge in [0.1, 0.15) is 5.82 Å². The van der Waals surface area contributed by atoms with Gasteiger partial charge in [-0.05, 0) is 40.3 Å². The van der Waals surface area contributed by atoms with Gasteiger partial charge in [-0.25, -0.2) is 4.98 Å². The van der Waals surface area contributed by atoms with Gasteiger partial charge in [0, 0.05) is 42.2 Å². The van der Waals surface area contributed by atoms with Gasteiger partial charge in [0.15, 0.2) is 5.96 Å². The van der Waals surface area contributed by atoms with E-state index in [1.165, 1.54) is 5.56 Å². The van der Waals surface area contributed by atoms with E-state index in [1.54, 1.807) is 6.20 Å². The molecular weight excluding hydrogens is 691 g/mol. The third kappa shape index (κ3) is 4.02. The molecule has 7 nitrogen and oxygen atoms in total. The second kappa shape index (κ2) is 9.42. The van der Waals surface area contributed by atoms with Gasteiger partial charge in [0.25, 0.3) is 0 Å². The summed E-state index contributed by atoms with van der Waals surface area (Å²) in [5.74, 6) is 3.82. The Kier molecular flexibility index (Phi) is 5.91. The zero-order chi connectivity index (χ0) is 27.0. The molecule has 0 aliphatic carbocycles. The van der Waals surface area contributed by atoms with Crippen molar-refractivity contribution in [3.05, 3.63) is 97.0 Å². The largest absolute Gasteiger partial charge is 2.00 e. The summed E-state index contributed by atoms with van der Waals surface area (Å²) in [5, 5.41) is 2.25. The van der Waals surface area contributed by atoms with Crippen molar-refractivity contribution in [3.63, 3.8) is 0 Å². The van der Waals surface area contributed by atoms with Gasteiger partial charge in [-0.2, -0.15) is 6.07 Å². The minimum Gasteiger partial charge on any atom is -0.503 e. The molecule has 0 bridgehead atoms. The number of aliphatic imine (C=N–C) groups is 1. The minimum absolute atomic E-state index is 0. The van der Waals surface area contributed by atoms with E-state index < -0.39 is 0 Å². The van der Waals surface area contributed by atoms with Crippen LogP contribution in [0.3, 0.4) is 0 Å². The molecule has 8 rings (SSSR count). The second-order valence-electron chi connectivity index (χ2n) is 11.2. The molecule has 0 radical (unpaired) electrons. The fourth-order valence-corrected chi connectivity index (χ4v) is 5.74. The maximum Gasteiger partial charge on any atom is 2.00 e. The molecule has 0 N–H and O–H groups in total. The molecule has 3 aromatic carbocycles. The van der Waals surface area contributed by atoms with Crippen LogP contribution in [0.15, 0.2) is 84.2 Å². The normalized spacial score (nSPS) is 13.9. The quantitative estimate of drug-likeness (QED) is 0.190. The monoisotopic (exact) mass is 717 g/mol. The minimum atomic E-state index is 0. The summed E-state index contributed by atoms with van der Waals surface area (Å²) in [7, 11) is 0. The molecule has 6 aromatic rings. The van der Waals surface area contributed by atoms with E-state index in [2.05, 4.69) is 101 Å². The van der Waals surface area contributed by atoms with Crippen LogP contribution in [0.1, 0.15) is 26.3 Å². The van der Waals surface area contributed by atoms with Crippen molar-refractivity contribution in [3.8, 4) is 28.7 Å². The molecule has 0 unspecified atom stereocenters. The Balaban J connectivity index is 0.00000276. The first-order valence-corrected chi connectivity index (χ1v) is 13.5. The average Bonchev–Trinajstić information content (AvgIpc) is 3.70. The van der Waals surface area contributed by atoms with Crippen molar-refractivity contribution < 1.29 is 25.8 Å². The number of hydrogen-bond acceptors (Lipinski definition) is 5. The summed E-state index contributed by atoms with van der Waals surface area (Å²) in [5.41, 5.74) is 5.19. The summed E-state index contributed by atoms with van der Waals surface area (Å²) in [6.45, 7) is 8.26. The molecule has 0 amide bonds. The smallest absolute Gasteiger partial charge is 0.503 e. The first kappa shape index (κ1) is 25.7. The zero-order valence-electron chi connectivity index (χ0n) is 22.8. The van der Waals surface area contributed by atoms with Crippen LogP contribution in [-0.4, -0.2) is 38.2 Å². The van der Waals surface area contributed by atoms with Crippen LogP contribution in [0.25, 0.3) is 39.0 Å². The van der Waals surface area contributed by atoms with Crippen LogP contribution in [-0.2, 0) is 26.5 Å². The maximum atomic E-state index is 6.39. The van der Waals surface area contributed by atoms with Gasteiger partial charge in [-0.15, -0.1) is 23.6 Å². The van der Waals surface area contributed by atoms with Crippen molar-refractivity contribution in [2.24, 2.45) is 4.99 Å². The van der Waals surface area contributed by atoms with Gasteiger partial charge < -0.3 is 18.8 Å². The number of benzene rings is 3. The second-order valence-corrected chi connectivity index (χ2v) is 11.2. The Hall–Kier alpha value is -4.22. The Bertz CT molecular complexity index is 2000. The number of pyridine rings is 1. The fourth-order valence-electron chi connectivity index (χ4n) is 5.74. The van der Waals surface area contributed by atoms with Gasteiger partial charge in [-0.1, -0.05) is 62.2 Å². The third-order valence-corrected chi connectivity index (χ3v) is 7.70. The van der Waals surface area contributed by atoms with E-state index in [9.17, 15) is 0 Å². The first-order valence-electron chi connectivity index (χ1n) is 13.5. The molecule has 0 atom stereocenters. The van der Waals surface area contributed by atoms with Crippen LogP contribution in [0.5, 0.6) is 11.5 Å². The summed E-state index contributed by atoms with van der Waals surface area (Å²) in [6, 6.07) is 27.8. The molecule has 0 saturated heterocycles. The number of anilines is 1. The molecule has 2 aliphatic rings. The number of nitrogens with zero attached hydrogens (tertiary/aromatic N) is 6. The molecule has 41 heavy (non-hydrogen) atoms. The van der Waals surface area contributed by atoms with Crippen LogP contribution in [0, 0.1) is 12.1 Å². The van der Waals surface area contributed by atoms with Crippen molar-refractivity contribution >= 4 is 33.5 Å². The van der Waals surface area contributed by atoms with Crippen LogP contribution >= 0.6 is 0 Å². The summed E-state index contributed by atoms with van der Waals surface area (Å²) < 4.78 is 10.6. The number of hydrogen-bond donors (Lipinski definition) is 0. The number of para-hydroxylation sites is 1. The standard InChI is InChI=1S/C33H26N6O.Pt/c1-33(2,3)21-12-13-34-30(18-21)39-28-7-5-4-6-24(28)25-10-8-23(20-29(25)39)40-22-9-11-27-26(19-22)31-35-14-17-38(31)32-36-15-16-37(27)32;/h4-14,17-18H,15-16H2,1-3H3;/q-2;+2. The molecule has 8 heteroatoms. The predicted octanol–water partition coefficient (Wildman–Crippen LogP) is 6.77. The third-order valence-electron chi connectivity index (χ3n) is 7.70. The zero-order valence-corrected chi connectivity index (χ0v) is 25.1. The Morgan fingerprint density at radius 1 is 0.878 bits per heavy atom. The molecule has 2 aliphatic heterocycles. The van der Waals surface area contributed by atoms with E-state index >= 15 is 0 Å². The molecule has 0 saturated carbocycles. The van der Waals surface area contributed by atoms with Crippen LogP contribution in [0.4, 0.5) is 5.69 Å². The molecule has 0 fully saturated rings. The van der Waals surface area contributed by atoms with E-state index in [4.69, 9.17) is 9.72 Å². The van der Waals surface area contributed by atoms with Crippen LogP contribution < -0.4 is 9.64 Å². The summed E-state index contributed by atoms with van der Waals surface area (Å²) >= 11 is 0. The molecule has 3 aromatic heterocycles. The van der Waals surface area contributed by atoms with E-state index in [0.717, 1.165) is 63.7 Å². The summed E-state index contributed by atoms with van der Waals surface area (Å²) in [6.07, 6.45) is 5.63. The van der Waals surface area contributed by atoms with Crippen molar-refractivity contribution in [1.29, 1.82) is 0 Å². The van der Waals surface area contributed by atoms with E-state index in [-0.39, 0.29) is 26.5 Å². The van der Waals surface area contributed by atoms with Crippen LogP contribution in [0.2, 0.25) is 0 Å². The fraction of sp³-hybridized carbons (Fsp3) is 0.182. The molecule has 204 valence electrons. The summed E-state index contributed by atoms with van der Waals surface area (Å²) in [4.78, 5) is 16.2. The van der Waals surface area contributed by atoms with Crippen molar-refractivity contribution in [2.75, 3.05) is 18.0 Å². The average molecular weight is 718 g/mol. The Morgan fingerprint density at radius 3 is 2.59 bits per heavy atom. The van der Waals surface area contributed by atoms with Gasteiger partial charge in [-0.3, -0.25) is 9.98 Å². The van der Waals surface area contributed by atoms with Gasteiger partial charge in [0.05, 0.1) is 12.4 Å². The topological polar surface area (TPSA) is 60.5 Å². The first-order chi connectivity index (χ1) is 19.5. The number of fused-ring (bicyclic) bond motifs is 9. The number of ether oxygens (including phenoxy) is 1. The van der Waals surface area contributed by atoms with Crippen molar-refractivity contribution in [1.82, 2.24) is 19.1 Å². The maximum absolute atomic E-state index is 6.39. The molecular formula is C33H26N6OPt. The Labute approximate surface area is 252 Å².